The Bertz CT molecular complexity index is 392. The summed E-state index contributed by atoms with van der Waals surface area (Å²) in [6.07, 6.45) is 1.68. The highest BCUT2D eigenvalue weighted by Crippen LogP contribution is 2.21. The van der Waals surface area contributed by atoms with Crippen LogP contribution in [0.2, 0.25) is 10.3 Å². The Morgan fingerprint density at radius 1 is 1.50 bits per heavy atom. The maximum Gasteiger partial charge on any atom is 0.183 e. The van der Waals surface area contributed by atoms with Gasteiger partial charge in [-0.15, -0.1) is 12.6 Å². The first-order valence-electron chi connectivity index (χ1n) is 3.37. The Morgan fingerprint density at radius 2 is 2.07 bits per heavy atom. The van der Waals surface area contributed by atoms with Crippen LogP contribution in [0, 0.1) is 11.5 Å². The number of hydrogen-bond acceptors (Lipinski definition) is 3. The number of thiol groups is 1. The molecule has 0 aliphatic carbocycles. The third kappa shape index (κ3) is 3.42. The molecule has 1 aromatic rings. The Hall–Kier alpha value is -0.960. The molecule has 0 saturated carbocycles. The van der Waals surface area contributed by atoms with E-state index in [-0.39, 0.29) is 15.5 Å². The van der Waals surface area contributed by atoms with E-state index in [1.54, 1.807) is 6.19 Å². The first-order chi connectivity index (χ1) is 6.61. The molecule has 0 atom stereocenters. The maximum absolute atomic E-state index is 8.27. The number of pyridine rings is 1. The average molecular weight is 247 g/mol. The number of nitrogens with one attached hydrogen (secondary N) is 1. The SMILES string of the molecule is N#CN/C(S)=N/c1cc(Cl)nc(Cl)c1. The molecule has 1 heterocycles. The summed E-state index contributed by atoms with van der Waals surface area (Å²) in [4.78, 5) is 7.65. The summed E-state index contributed by atoms with van der Waals surface area (Å²) in [6.45, 7) is 0. The fraction of sp³-hybridized carbons (Fsp3) is 0. The monoisotopic (exact) mass is 246 g/mol. The minimum absolute atomic E-state index is 0.158. The molecule has 0 bridgehead atoms. The van der Waals surface area contributed by atoms with Crippen molar-refractivity contribution in [2.45, 2.75) is 0 Å². The van der Waals surface area contributed by atoms with Crippen molar-refractivity contribution in [2.75, 3.05) is 0 Å². The van der Waals surface area contributed by atoms with Crippen molar-refractivity contribution in [3.05, 3.63) is 22.4 Å². The van der Waals surface area contributed by atoms with E-state index in [0.717, 1.165) is 0 Å². The lowest BCUT2D eigenvalue weighted by Crippen LogP contribution is -2.09. The van der Waals surface area contributed by atoms with Gasteiger partial charge in [0.05, 0.1) is 5.69 Å². The van der Waals surface area contributed by atoms with Crippen molar-refractivity contribution < 1.29 is 0 Å². The van der Waals surface area contributed by atoms with Crippen LogP contribution in [0.3, 0.4) is 0 Å². The minimum Gasteiger partial charge on any atom is -0.272 e. The van der Waals surface area contributed by atoms with Crippen LogP contribution < -0.4 is 5.32 Å². The smallest absolute Gasteiger partial charge is 0.183 e. The predicted molar refractivity (Wildman–Crippen MR) is 59.1 cm³/mol. The summed E-state index contributed by atoms with van der Waals surface area (Å²) < 4.78 is 0. The largest absolute Gasteiger partial charge is 0.272 e. The highest BCUT2D eigenvalue weighted by Gasteiger charge is 1.98. The Labute approximate surface area is 96.0 Å². The van der Waals surface area contributed by atoms with E-state index in [2.05, 4.69) is 27.9 Å². The molecule has 0 saturated heterocycles. The van der Waals surface area contributed by atoms with Crippen LogP contribution in [-0.2, 0) is 0 Å². The maximum atomic E-state index is 8.27. The second-order valence-corrected chi connectivity index (χ2v) is 3.34. The first kappa shape index (κ1) is 11.1. The number of nitriles is 1. The summed E-state index contributed by atoms with van der Waals surface area (Å²) in [5.74, 6) is 0. The Kier molecular flexibility index (Phi) is 4.01. The molecule has 7 heteroatoms. The Balaban J connectivity index is 2.97. The molecule has 0 unspecified atom stereocenters. The van der Waals surface area contributed by atoms with Gasteiger partial charge in [-0.2, -0.15) is 5.26 Å². The quantitative estimate of drug-likeness (QED) is 0.200. The van der Waals surface area contributed by atoms with Gasteiger partial charge in [0.15, 0.2) is 11.4 Å². The molecular weight excluding hydrogens is 243 g/mol. The van der Waals surface area contributed by atoms with Crippen molar-refractivity contribution in [1.82, 2.24) is 10.3 Å². The zero-order chi connectivity index (χ0) is 10.6. The van der Waals surface area contributed by atoms with Gasteiger partial charge in [0.2, 0.25) is 0 Å². The van der Waals surface area contributed by atoms with Crippen LogP contribution in [0.25, 0.3) is 0 Å². The molecule has 0 radical (unpaired) electrons. The molecule has 14 heavy (non-hydrogen) atoms. The van der Waals surface area contributed by atoms with Gasteiger partial charge in [0.25, 0.3) is 0 Å². The van der Waals surface area contributed by atoms with E-state index >= 15 is 0 Å². The van der Waals surface area contributed by atoms with Crippen LogP contribution in [0.15, 0.2) is 17.1 Å². The summed E-state index contributed by atoms with van der Waals surface area (Å²) >= 11 is 15.2. The average Bonchev–Trinajstić information content (AvgIpc) is 2.01. The van der Waals surface area contributed by atoms with Crippen LogP contribution in [0.5, 0.6) is 0 Å². The van der Waals surface area contributed by atoms with E-state index in [9.17, 15) is 0 Å². The number of hydrogen-bond donors (Lipinski definition) is 2. The number of halogens is 2. The fourth-order valence-electron chi connectivity index (χ4n) is 0.717. The molecule has 0 amide bonds. The van der Waals surface area contributed by atoms with Crippen molar-refractivity contribution in [3.63, 3.8) is 0 Å². The molecule has 0 aliphatic rings. The number of rotatable bonds is 1. The summed E-state index contributed by atoms with van der Waals surface area (Å²) in [5, 5.41) is 11.1. The van der Waals surface area contributed by atoms with Gasteiger partial charge in [-0.1, -0.05) is 23.2 Å². The molecular formula is C7H4Cl2N4S. The lowest BCUT2D eigenvalue weighted by atomic mass is 10.4. The van der Waals surface area contributed by atoms with Crippen LogP contribution >= 0.6 is 35.8 Å². The summed E-state index contributed by atoms with van der Waals surface area (Å²) in [5.41, 5.74) is 0.475. The van der Waals surface area contributed by atoms with E-state index in [4.69, 9.17) is 28.5 Å². The third-order valence-electron chi connectivity index (χ3n) is 1.15. The molecule has 1 N–H and O–H groups in total. The molecule has 4 nitrogen and oxygen atoms in total. The van der Waals surface area contributed by atoms with Gasteiger partial charge in [0, 0.05) is 12.1 Å². The van der Waals surface area contributed by atoms with Crippen molar-refractivity contribution in [2.24, 2.45) is 4.99 Å². The van der Waals surface area contributed by atoms with Crippen molar-refractivity contribution in [3.8, 4) is 6.19 Å². The second kappa shape index (κ2) is 5.05. The van der Waals surface area contributed by atoms with Gasteiger partial charge in [-0.05, 0) is 0 Å². The van der Waals surface area contributed by atoms with E-state index in [1.807, 2.05) is 0 Å². The number of amidine groups is 1. The van der Waals surface area contributed by atoms with Crippen molar-refractivity contribution >= 4 is 46.7 Å². The van der Waals surface area contributed by atoms with Gasteiger partial charge in [-0.25, -0.2) is 9.98 Å². The fourth-order valence-corrected chi connectivity index (χ4v) is 1.33. The van der Waals surface area contributed by atoms with Crippen LogP contribution in [0.1, 0.15) is 0 Å². The van der Waals surface area contributed by atoms with E-state index < -0.39 is 0 Å². The number of aliphatic imine (C=N–C) groups is 1. The van der Waals surface area contributed by atoms with Gasteiger partial charge >= 0.3 is 0 Å². The first-order valence-corrected chi connectivity index (χ1v) is 4.58. The highest BCUT2D eigenvalue weighted by molar-refractivity contribution is 7.96. The molecule has 1 aromatic heterocycles. The number of aromatic nitrogens is 1. The second-order valence-electron chi connectivity index (χ2n) is 2.14. The van der Waals surface area contributed by atoms with Crippen molar-refractivity contribution in [1.29, 1.82) is 5.26 Å². The molecule has 0 aromatic carbocycles. The van der Waals surface area contributed by atoms with Crippen LogP contribution in [-0.4, -0.2) is 10.2 Å². The minimum atomic E-state index is 0.158. The van der Waals surface area contributed by atoms with Gasteiger partial charge in [-0.3, -0.25) is 5.32 Å². The zero-order valence-electron chi connectivity index (χ0n) is 6.70. The van der Waals surface area contributed by atoms with Gasteiger partial charge < -0.3 is 0 Å². The summed E-state index contributed by atoms with van der Waals surface area (Å²) in [7, 11) is 0. The summed E-state index contributed by atoms with van der Waals surface area (Å²) in [6, 6.07) is 3.01. The standard InChI is InChI=1S/C7H4Cl2N4S/c8-5-1-4(2-6(9)13-5)12-7(14)11-3-10/h1-2H,(H2,11,12,13,14). The molecule has 72 valence electrons. The molecule has 0 aliphatic heterocycles. The third-order valence-corrected chi connectivity index (χ3v) is 1.75. The molecule has 0 fully saturated rings. The highest BCUT2D eigenvalue weighted by atomic mass is 35.5. The lowest BCUT2D eigenvalue weighted by Gasteiger charge is -1.97. The lowest BCUT2D eigenvalue weighted by molar-refractivity contribution is 1.27. The zero-order valence-corrected chi connectivity index (χ0v) is 9.11. The molecule has 0 spiro atoms. The molecule has 1 rings (SSSR count). The predicted octanol–water partition coefficient (Wildman–Crippen LogP) is 2.38. The van der Waals surface area contributed by atoms with Crippen LogP contribution in [0.4, 0.5) is 5.69 Å². The Morgan fingerprint density at radius 3 is 2.57 bits per heavy atom. The van der Waals surface area contributed by atoms with E-state index in [0.29, 0.717) is 5.69 Å². The normalized spacial score (nSPS) is 10.9. The number of nitrogens with zero attached hydrogens (tertiary/aromatic N) is 3. The van der Waals surface area contributed by atoms with E-state index in [1.165, 1.54) is 12.1 Å². The topological polar surface area (TPSA) is 61.1 Å². The van der Waals surface area contributed by atoms with Gasteiger partial charge in [0.1, 0.15) is 10.3 Å².